The zero-order valence-electron chi connectivity index (χ0n) is 13.4. The van der Waals surface area contributed by atoms with Gasteiger partial charge in [0.25, 0.3) is 0 Å². The van der Waals surface area contributed by atoms with Crippen LogP contribution in [0.5, 0.6) is 5.75 Å². The molecule has 0 fully saturated rings. The highest BCUT2D eigenvalue weighted by Gasteiger charge is 2.21. The summed E-state index contributed by atoms with van der Waals surface area (Å²) in [6.07, 6.45) is 4.71. The minimum Gasteiger partial charge on any atom is -0.508 e. The summed E-state index contributed by atoms with van der Waals surface area (Å²) in [4.78, 5) is 7.88. The molecule has 0 unspecified atom stereocenters. The molecule has 0 saturated carbocycles. The number of aromatic amines is 1. The van der Waals surface area contributed by atoms with Gasteiger partial charge < -0.3 is 20.3 Å². The Morgan fingerprint density at radius 2 is 2.04 bits per heavy atom. The molecule has 24 heavy (non-hydrogen) atoms. The third-order valence-electron chi connectivity index (χ3n) is 4.66. The van der Waals surface area contributed by atoms with Gasteiger partial charge in [-0.3, -0.25) is 4.98 Å². The predicted molar refractivity (Wildman–Crippen MR) is 94.9 cm³/mol. The standard InChI is InChI=1S/C19H22N2O3/c1-2-12(11-23)13(6-8-22)9-18-19-15(5-7-20-18)16-10-14(24)3-4-17(16)21-19/h2-5,7,10,12-13,21-24H,1,6,8-9,11H2/t12-,13+/m1/s1. The Kier molecular flexibility index (Phi) is 4.83. The number of aliphatic hydroxyl groups is 2. The van der Waals surface area contributed by atoms with E-state index in [2.05, 4.69) is 16.5 Å². The Morgan fingerprint density at radius 3 is 2.75 bits per heavy atom. The van der Waals surface area contributed by atoms with Crippen molar-refractivity contribution in [3.05, 3.63) is 48.8 Å². The van der Waals surface area contributed by atoms with Crippen LogP contribution in [0, 0.1) is 11.8 Å². The molecule has 0 saturated heterocycles. The average molecular weight is 326 g/mol. The number of phenolic OH excluding ortho intramolecular Hbond substituents is 1. The van der Waals surface area contributed by atoms with Crippen LogP contribution in [0.2, 0.25) is 0 Å². The second kappa shape index (κ2) is 7.03. The first-order valence-corrected chi connectivity index (χ1v) is 8.10. The van der Waals surface area contributed by atoms with Crippen LogP contribution < -0.4 is 0 Å². The number of benzene rings is 1. The molecular formula is C19H22N2O3. The average Bonchev–Trinajstić information content (AvgIpc) is 2.95. The summed E-state index contributed by atoms with van der Waals surface area (Å²) >= 11 is 0. The van der Waals surface area contributed by atoms with Crippen molar-refractivity contribution < 1.29 is 15.3 Å². The van der Waals surface area contributed by atoms with E-state index in [1.165, 1.54) is 0 Å². The first-order valence-electron chi connectivity index (χ1n) is 8.10. The Hall–Kier alpha value is -2.37. The molecule has 126 valence electrons. The second-order valence-electron chi connectivity index (χ2n) is 6.09. The van der Waals surface area contributed by atoms with Gasteiger partial charge in [-0.15, -0.1) is 6.58 Å². The van der Waals surface area contributed by atoms with Crippen LogP contribution in [0.25, 0.3) is 21.8 Å². The molecule has 5 heteroatoms. The van der Waals surface area contributed by atoms with E-state index in [0.29, 0.717) is 12.8 Å². The Balaban J connectivity index is 2.05. The molecule has 1 aromatic carbocycles. The van der Waals surface area contributed by atoms with Crippen molar-refractivity contribution in [3.8, 4) is 5.75 Å². The van der Waals surface area contributed by atoms with Crippen molar-refractivity contribution in [1.29, 1.82) is 0 Å². The SMILES string of the molecule is C=C[C@H](CO)[C@@H](CCO)Cc1nccc2c1[nH]c1ccc(O)cc12. The predicted octanol–water partition coefficient (Wildman–Crippen LogP) is 2.76. The van der Waals surface area contributed by atoms with Crippen molar-refractivity contribution in [2.45, 2.75) is 12.8 Å². The maximum absolute atomic E-state index is 9.73. The monoisotopic (exact) mass is 326 g/mol. The highest BCUT2D eigenvalue weighted by atomic mass is 16.3. The summed E-state index contributed by atoms with van der Waals surface area (Å²) in [5.74, 6) is 0.213. The number of rotatable bonds is 7. The molecule has 0 amide bonds. The molecule has 0 spiro atoms. The van der Waals surface area contributed by atoms with E-state index in [4.69, 9.17) is 0 Å². The summed E-state index contributed by atoms with van der Waals surface area (Å²) in [6, 6.07) is 7.16. The van der Waals surface area contributed by atoms with Crippen LogP contribution in [0.15, 0.2) is 43.1 Å². The third-order valence-corrected chi connectivity index (χ3v) is 4.66. The van der Waals surface area contributed by atoms with E-state index >= 15 is 0 Å². The van der Waals surface area contributed by atoms with Gasteiger partial charge in [-0.25, -0.2) is 0 Å². The topological polar surface area (TPSA) is 89.4 Å². The fraction of sp³-hybridized carbons (Fsp3) is 0.316. The third kappa shape index (κ3) is 3.00. The molecule has 2 aromatic heterocycles. The lowest BCUT2D eigenvalue weighted by molar-refractivity contribution is 0.175. The molecule has 3 rings (SSSR count). The fourth-order valence-electron chi connectivity index (χ4n) is 3.32. The quantitative estimate of drug-likeness (QED) is 0.503. The minimum atomic E-state index is -0.0809. The number of H-pyrrole nitrogens is 1. The Labute approximate surface area is 140 Å². The lowest BCUT2D eigenvalue weighted by atomic mass is 9.86. The number of aromatic nitrogens is 2. The number of pyridine rings is 1. The van der Waals surface area contributed by atoms with E-state index in [1.54, 1.807) is 24.4 Å². The lowest BCUT2D eigenvalue weighted by Gasteiger charge is -2.22. The van der Waals surface area contributed by atoms with Gasteiger partial charge in [0.1, 0.15) is 5.75 Å². The van der Waals surface area contributed by atoms with E-state index in [-0.39, 0.29) is 30.8 Å². The van der Waals surface area contributed by atoms with Gasteiger partial charge >= 0.3 is 0 Å². The molecule has 5 nitrogen and oxygen atoms in total. The highest BCUT2D eigenvalue weighted by Crippen LogP contribution is 2.31. The molecule has 0 aliphatic carbocycles. The molecule has 0 aliphatic heterocycles. The maximum Gasteiger partial charge on any atom is 0.116 e. The zero-order chi connectivity index (χ0) is 17.1. The maximum atomic E-state index is 9.73. The number of hydrogen-bond donors (Lipinski definition) is 4. The molecule has 3 aromatic rings. The fourth-order valence-corrected chi connectivity index (χ4v) is 3.32. The number of hydrogen-bond acceptors (Lipinski definition) is 4. The Bertz CT molecular complexity index is 856. The van der Waals surface area contributed by atoms with Crippen molar-refractivity contribution in [2.75, 3.05) is 13.2 Å². The van der Waals surface area contributed by atoms with Crippen molar-refractivity contribution in [3.63, 3.8) is 0 Å². The van der Waals surface area contributed by atoms with Crippen molar-refractivity contribution >= 4 is 21.8 Å². The Morgan fingerprint density at radius 1 is 1.21 bits per heavy atom. The van der Waals surface area contributed by atoms with E-state index in [9.17, 15) is 15.3 Å². The number of nitrogens with one attached hydrogen (secondary N) is 1. The summed E-state index contributed by atoms with van der Waals surface area (Å²) in [5, 5.41) is 30.6. The highest BCUT2D eigenvalue weighted by molar-refractivity contribution is 6.08. The normalized spacial score (nSPS) is 14.1. The number of nitrogens with zero attached hydrogens (tertiary/aromatic N) is 1. The van der Waals surface area contributed by atoms with Crippen LogP contribution in [0.1, 0.15) is 12.1 Å². The van der Waals surface area contributed by atoms with Gasteiger partial charge in [0.05, 0.1) is 11.2 Å². The molecule has 0 bridgehead atoms. The first-order chi connectivity index (χ1) is 11.7. The number of aromatic hydroxyl groups is 1. The summed E-state index contributed by atoms with van der Waals surface area (Å²) in [7, 11) is 0. The molecule has 0 aliphatic rings. The number of phenols is 1. The number of fused-ring (bicyclic) bond motifs is 3. The molecule has 2 heterocycles. The summed E-state index contributed by atoms with van der Waals surface area (Å²) in [5.41, 5.74) is 2.77. The minimum absolute atomic E-state index is 0.00468. The van der Waals surface area contributed by atoms with Gasteiger partial charge in [-0.05, 0) is 43.0 Å². The van der Waals surface area contributed by atoms with Gasteiger partial charge in [-0.1, -0.05) is 6.08 Å². The second-order valence-corrected chi connectivity index (χ2v) is 6.09. The smallest absolute Gasteiger partial charge is 0.116 e. The van der Waals surface area contributed by atoms with Gasteiger partial charge in [0.2, 0.25) is 0 Å². The first kappa shape index (κ1) is 16.5. The number of aliphatic hydroxyl groups excluding tert-OH is 2. The van der Waals surface area contributed by atoms with Crippen LogP contribution >= 0.6 is 0 Å². The van der Waals surface area contributed by atoms with Crippen LogP contribution in [-0.4, -0.2) is 38.5 Å². The molecule has 0 radical (unpaired) electrons. The van der Waals surface area contributed by atoms with Gasteiger partial charge in [-0.2, -0.15) is 0 Å². The van der Waals surface area contributed by atoms with E-state index in [0.717, 1.165) is 27.5 Å². The van der Waals surface area contributed by atoms with Gasteiger partial charge in [0.15, 0.2) is 0 Å². The van der Waals surface area contributed by atoms with Gasteiger partial charge in [0, 0.05) is 41.6 Å². The lowest BCUT2D eigenvalue weighted by Crippen LogP contribution is -2.20. The molecular weight excluding hydrogens is 304 g/mol. The van der Waals surface area contributed by atoms with Crippen LogP contribution in [-0.2, 0) is 6.42 Å². The largest absolute Gasteiger partial charge is 0.508 e. The van der Waals surface area contributed by atoms with Crippen molar-refractivity contribution in [1.82, 2.24) is 9.97 Å². The zero-order valence-corrected chi connectivity index (χ0v) is 13.4. The van der Waals surface area contributed by atoms with Crippen LogP contribution in [0.4, 0.5) is 0 Å². The van der Waals surface area contributed by atoms with E-state index in [1.807, 2.05) is 12.1 Å². The summed E-state index contributed by atoms with van der Waals surface area (Å²) < 4.78 is 0. The summed E-state index contributed by atoms with van der Waals surface area (Å²) in [6.45, 7) is 3.85. The van der Waals surface area contributed by atoms with Crippen LogP contribution in [0.3, 0.4) is 0 Å². The molecule has 2 atom stereocenters. The van der Waals surface area contributed by atoms with E-state index < -0.39 is 0 Å². The molecule has 4 N–H and O–H groups in total. The van der Waals surface area contributed by atoms with Crippen molar-refractivity contribution in [2.24, 2.45) is 11.8 Å².